The molecular formula is C28H38N4O3S. The molecule has 3 heterocycles. The molecule has 0 radical (unpaired) electrons. The summed E-state index contributed by atoms with van der Waals surface area (Å²) < 4.78 is 5.35. The zero-order valence-corrected chi connectivity index (χ0v) is 22.3. The molecule has 0 bridgehead atoms. The summed E-state index contributed by atoms with van der Waals surface area (Å²) in [6, 6.07) is 10.8. The quantitative estimate of drug-likeness (QED) is 0.652. The van der Waals surface area contributed by atoms with Crippen molar-refractivity contribution in [1.29, 1.82) is 0 Å². The average molecular weight is 511 g/mol. The van der Waals surface area contributed by atoms with Gasteiger partial charge in [0.2, 0.25) is 5.91 Å². The van der Waals surface area contributed by atoms with Crippen molar-refractivity contribution in [3.8, 4) is 5.75 Å². The third-order valence-electron chi connectivity index (χ3n) is 8.01. The van der Waals surface area contributed by atoms with Crippen LogP contribution in [0.4, 0.5) is 4.79 Å². The lowest BCUT2D eigenvalue weighted by atomic mass is 9.93. The Morgan fingerprint density at radius 1 is 1.06 bits per heavy atom. The molecule has 1 aliphatic carbocycles. The summed E-state index contributed by atoms with van der Waals surface area (Å²) in [4.78, 5) is 34.0. The van der Waals surface area contributed by atoms with Crippen LogP contribution in [-0.2, 0) is 11.2 Å². The fraction of sp³-hybridized carbons (Fsp3) is 0.571. The Hall–Kier alpha value is -2.58. The second kappa shape index (κ2) is 11.2. The molecule has 7 nitrogen and oxygen atoms in total. The number of amides is 3. The topological polar surface area (TPSA) is 65.1 Å². The summed E-state index contributed by atoms with van der Waals surface area (Å²) in [6.07, 6.45) is 6.80. The zero-order chi connectivity index (χ0) is 25.1. The molecule has 2 fully saturated rings. The Morgan fingerprint density at radius 3 is 2.56 bits per heavy atom. The van der Waals surface area contributed by atoms with Crippen LogP contribution >= 0.6 is 11.3 Å². The molecule has 3 aliphatic rings. The van der Waals surface area contributed by atoms with Gasteiger partial charge >= 0.3 is 6.03 Å². The van der Waals surface area contributed by atoms with Gasteiger partial charge in [-0.1, -0.05) is 31.4 Å². The van der Waals surface area contributed by atoms with E-state index in [-0.39, 0.29) is 24.0 Å². The van der Waals surface area contributed by atoms with Crippen molar-refractivity contribution >= 4 is 23.3 Å². The molecule has 1 saturated heterocycles. The minimum absolute atomic E-state index is 0.00788. The van der Waals surface area contributed by atoms with Gasteiger partial charge in [-0.2, -0.15) is 0 Å². The number of urea groups is 1. The minimum Gasteiger partial charge on any atom is -0.497 e. The maximum atomic E-state index is 13.5. The number of nitrogens with one attached hydrogen (secondary N) is 1. The molecule has 1 aromatic heterocycles. The lowest BCUT2D eigenvalue weighted by Gasteiger charge is -2.42. The number of fused-ring (bicyclic) bond motifs is 1. The van der Waals surface area contributed by atoms with E-state index in [9.17, 15) is 9.59 Å². The third kappa shape index (κ3) is 5.39. The first-order valence-corrected chi connectivity index (χ1v) is 14.2. The van der Waals surface area contributed by atoms with Crippen molar-refractivity contribution in [3.63, 3.8) is 0 Å². The van der Waals surface area contributed by atoms with Gasteiger partial charge < -0.3 is 19.9 Å². The van der Waals surface area contributed by atoms with Gasteiger partial charge in [-0.3, -0.25) is 9.69 Å². The standard InChI is InChI=1S/C28H38N4O3S/c1-20-18-30(15-16-32(20)28(34)29-22-6-4-3-5-7-22)26(33)19-31-14-12-25-24(13-17-36-25)27(31)21-8-10-23(35-2)11-9-21/h8-11,13,17,20,22,27H,3-7,12,14-16,18-19H2,1-2H3,(H,29,34)/t20-,27+/m0/s1. The van der Waals surface area contributed by atoms with Crippen molar-refractivity contribution in [2.24, 2.45) is 0 Å². The molecule has 0 unspecified atom stereocenters. The van der Waals surface area contributed by atoms with Gasteiger partial charge in [0, 0.05) is 43.1 Å². The van der Waals surface area contributed by atoms with E-state index < -0.39 is 0 Å². The lowest BCUT2D eigenvalue weighted by Crippen LogP contribution is -2.59. The van der Waals surface area contributed by atoms with E-state index in [4.69, 9.17) is 4.74 Å². The second-order valence-electron chi connectivity index (χ2n) is 10.4. The molecule has 194 valence electrons. The smallest absolute Gasteiger partial charge is 0.317 e. The van der Waals surface area contributed by atoms with Crippen molar-refractivity contribution in [2.45, 2.75) is 63.6 Å². The van der Waals surface area contributed by atoms with Crippen LogP contribution in [0.25, 0.3) is 0 Å². The summed E-state index contributed by atoms with van der Waals surface area (Å²) in [5.74, 6) is 0.980. The van der Waals surface area contributed by atoms with Gasteiger partial charge in [0.15, 0.2) is 0 Å². The predicted molar refractivity (Wildman–Crippen MR) is 143 cm³/mol. The number of rotatable bonds is 5. The van der Waals surface area contributed by atoms with Crippen LogP contribution in [0.3, 0.4) is 0 Å². The number of methoxy groups -OCH3 is 1. The molecule has 5 rings (SSSR count). The number of carbonyl (C=O) groups excluding carboxylic acids is 2. The van der Waals surface area contributed by atoms with E-state index in [1.54, 1.807) is 18.4 Å². The van der Waals surface area contributed by atoms with Gasteiger partial charge in [-0.05, 0) is 60.9 Å². The molecule has 0 spiro atoms. The number of benzene rings is 1. The van der Waals surface area contributed by atoms with Gasteiger partial charge in [-0.15, -0.1) is 11.3 Å². The Bertz CT molecular complexity index is 1050. The fourth-order valence-electron chi connectivity index (χ4n) is 5.98. The maximum absolute atomic E-state index is 13.5. The molecule has 1 saturated carbocycles. The third-order valence-corrected chi connectivity index (χ3v) is 9.01. The number of hydrogen-bond donors (Lipinski definition) is 1. The van der Waals surface area contributed by atoms with Crippen LogP contribution < -0.4 is 10.1 Å². The highest BCUT2D eigenvalue weighted by atomic mass is 32.1. The molecule has 1 aromatic carbocycles. The maximum Gasteiger partial charge on any atom is 0.317 e. The summed E-state index contributed by atoms with van der Waals surface area (Å²) in [7, 11) is 1.68. The number of nitrogens with zero attached hydrogens (tertiary/aromatic N) is 3. The second-order valence-corrected chi connectivity index (χ2v) is 11.4. The highest BCUT2D eigenvalue weighted by molar-refractivity contribution is 7.10. The highest BCUT2D eigenvalue weighted by Crippen LogP contribution is 2.38. The first kappa shape index (κ1) is 25.1. The van der Waals surface area contributed by atoms with Crippen LogP contribution in [0.1, 0.15) is 61.1 Å². The number of ether oxygens (including phenoxy) is 1. The normalized spacial score (nSPS) is 23.3. The number of hydrogen-bond acceptors (Lipinski definition) is 5. The summed E-state index contributed by atoms with van der Waals surface area (Å²) in [6.45, 7) is 5.05. The average Bonchev–Trinajstić information content (AvgIpc) is 3.38. The summed E-state index contributed by atoms with van der Waals surface area (Å²) in [5.41, 5.74) is 2.49. The molecule has 8 heteroatoms. The van der Waals surface area contributed by atoms with Gasteiger partial charge in [-0.25, -0.2) is 4.79 Å². The van der Waals surface area contributed by atoms with Crippen LogP contribution in [0.15, 0.2) is 35.7 Å². The van der Waals surface area contributed by atoms with E-state index in [2.05, 4.69) is 40.7 Å². The summed E-state index contributed by atoms with van der Waals surface area (Å²) >= 11 is 1.81. The van der Waals surface area contributed by atoms with Crippen molar-refractivity contribution in [1.82, 2.24) is 20.0 Å². The molecule has 3 amide bonds. The molecular weight excluding hydrogens is 472 g/mol. The van der Waals surface area contributed by atoms with Crippen molar-refractivity contribution in [3.05, 3.63) is 51.7 Å². The Balaban J connectivity index is 1.22. The van der Waals surface area contributed by atoms with Gasteiger partial charge in [0.05, 0.1) is 19.7 Å². The first-order valence-electron chi connectivity index (χ1n) is 13.3. The van der Waals surface area contributed by atoms with Crippen LogP contribution in [0.5, 0.6) is 5.75 Å². The van der Waals surface area contributed by atoms with Gasteiger partial charge in [0.1, 0.15) is 5.75 Å². The van der Waals surface area contributed by atoms with Crippen LogP contribution in [0, 0.1) is 0 Å². The van der Waals surface area contributed by atoms with Crippen LogP contribution in [-0.4, -0.2) is 78.6 Å². The summed E-state index contributed by atoms with van der Waals surface area (Å²) in [5, 5.41) is 5.39. The minimum atomic E-state index is 0.00788. The van der Waals surface area contributed by atoms with E-state index in [1.165, 1.54) is 35.3 Å². The lowest BCUT2D eigenvalue weighted by molar-refractivity contribution is -0.135. The fourth-order valence-corrected chi connectivity index (χ4v) is 6.88. The zero-order valence-electron chi connectivity index (χ0n) is 21.4. The van der Waals surface area contributed by atoms with E-state index in [0.29, 0.717) is 32.2 Å². The first-order chi connectivity index (χ1) is 17.5. The number of piperazine rings is 1. The van der Waals surface area contributed by atoms with Gasteiger partial charge in [0.25, 0.3) is 0 Å². The van der Waals surface area contributed by atoms with Crippen molar-refractivity contribution in [2.75, 3.05) is 39.8 Å². The van der Waals surface area contributed by atoms with Crippen molar-refractivity contribution < 1.29 is 14.3 Å². The number of carbonyl (C=O) groups is 2. The monoisotopic (exact) mass is 510 g/mol. The predicted octanol–water partition coefficient (Wildman–Crippen LogP) is 4.28. The van der Waals surface area contributed by atoms with Crippen LogP contribution in [0.2, 0.25) is 0 Å². The Kier molecular flexibility index (Phi) is 7.82. The Labute approximate surface area is 218 Å². The highest BCUT2D eigenvalue weighted by Gasteiger charge is 2.35. The largest absolute Gasteiger partial charge is 0.497 e. The SMILES string of the molecule is COc1ccc([C@@H]2c3ccsc3CCN2CC(=O)N2CCN(C(=O)NC3CCCCC3)[C@@H](C)C2)cc1. The van der Waals surface area contributed by atoms with E-state index in [0.717, 1.165) is 31.6 Å². The molecule has 1 N–H and O–H groups in total. The van der Waals surface area contributed by atoms with E-state index in [1.807, 2.05) is 21.9 Å². The number of thiophene rings is 1. The molecule has 2 atom stereocenters. The Morgan fingerprint density at radius 2 is 1.83 bits per heavy atom. The van der Waals surface area contributed by atoms with E-state index >= 15 is 0 Å². The molecule has 2 aliphatic heterocycles. The molecule has 2 aromatic rings. The molecule has 36 heavy (non-hydrogen) atoms.